The smallest absolute Gasteiger partial charge is 0.324 e. The summed E-state index contributed by atoms with van der Waals surface area (Å²) in [5, 5.41) is 13.0. The van der Waals surface area contributed by atoms with Crippen molar-refractivity contribution in [3.8, 4) is 22.6 Å². The largest absolute Gasteiger partial charge is 0.497 e. The number of anilines is 2. The number of nitrogens with zero attached hydrogens (tertiary/aromatic N) is 3. The molecule has 5 aromatic rings. The van der Waals surface area contributed by atoms with Gasteiger partial charge in [-0.1, -0.05) is 68.8 Å². The monoisotopic (exact) mass is 661 g/mol. The number of hydrogen-bond donors (Lipinski definition) is 2. The number of urea groups is 1. The number of carbonyl (C=O) groups excluding carboxylic acids is 2. The first-order valence-corrected chi connectivity index (χ1v) is 17.3. The average Bonchev–Trinajstić information content (AvgIpc) is 3.75. The van der Waals surface area contributed by atoms with Crippen LogP contribution < -0.4 is 15.4 Å². The van der Waals surface area contributed by atoms with Gasteiger partial charge >= 0.3 is 6.03 Å². The fraction of sp³-hybridized carbons (Fsp3) is 0.308. The van der Waals surface area contributed by atoms with Crippen LogP contribution >= 0.6 is 11.3 Å². The number of piperidine rings is 1. The lowest BCUT2D eigenvalue weighted by atomic mass is 9.89. The van der Waals surface area contributed by atoms with Crippen LogP contribution in [0, 0.1) is 12.8 Å². The quantitative estimate of drug-likeness (QED) is 0.174. The van der Waals surface area contributed by atoms with E-state index < -0.39 is 0 Å². The predicted molar refractivity (Wildman–Crippen MR) is 195 cm³/mol. The predicted octanol–water partition coefficient (Wildman–Crippen LogP) is 8.95. The number of carbonyl (C=O) groups is 2. The van der Waals surface area contributed by atoms with Gasteiger partial charge in [0.2, 0.25) is 0 Å². The Hall–Kier alpha value is -4.89. The summed E-state index contributed by atoms with van der Waals surface area (Å²) in [6.45, 7) is 9.81. The Balaban J connectivity index is 1.07. The van der Waals surface area contributed by atoms with Crippen molar-refractivity contribution >= 4 is 34.8 Å². The molecule has 9 heteroatoms. The van der Waals surface area contributed by atoms with Gasteiger partial charge in [0.15, 0.2) is 0 Å². The molecule has 0 spiro atoms. The third-order valence-electron chi connectivity index (χ3n) is 8.91. The van der Waals surface area contributed by atoms with E-state index in [0.717, 1.165) is 69.2 Å². The number of rotatable bonds is 8. The highest BCUT2D eigenvalue weighted by atomic mass is 32.1. The van der Waals surface area contributed by atoms with Crippen molar-refractivity contribution in [2.75, 3.05) is 30.8 Å². The SMILES string of the molecule is COc1ccc(-c2csc(C(=O)N3CCC(Cc4ccccc4NC(=O)Nc4cc(C(C)(C)C)nn4-c4ccc(C)cc4)CC3)c2)cc1. The number of ether oxygens (including phenoxy) is 1. The molecule has 3 heterocycles. The molecule has 1 fully saturated rings. The number of aryl methyl sites for hydroxylation is 1. The second-order valence-corrected chi connectivity index (χ2v) is 14.4. The van der Waals surface area contributed by atoms with Crippen molar-refractivity contribution in [2.45, 2.75) is 52.4 Å². The van der Waals surface area contributed by atoms with E-state index in [0.29, 0.717) is 24.8 Å². The molecule has 0 aliphatic carbocycles. The molecule has 0 atom stereocenters. The topological polar surface area (TPSA) is 88.5 Å². The molecule has 0 saturated carbocycles. The first-order valence-electron chi connectivity index (χ1n) is 16.4. The van der Waals surface area contributed by atoms with Crippen molar-refractivity contribution in [3.05, 3.63) is 112 Å². The number of methoxy groups -OCH3 is 1. The minimum Gasteiger partial charge on any atom is -0.497 e. The molecule has 0 bridgehead atoms. The molecule has 1 saturated heterocycles. The van der Waals surface area contributed by atoms with Crippen LogP contribution in [0.25, 0.3) is 16.8 Å². The molecule has 2 N–H and O–H groups in total. The highest BCUT2D eigenvalue weighted by molar-refractivity contribution is 7.12. The van der Waals surface area contributed by atoms with Crippen LogP contribution in [0.15, 0.2) is 90.3 Å². The Bertz CT molecular complexity index is 1880. The van der Waals surface area contributed by atoms with Gasteiger partial charge in [-0.05, 0) is 90.6 Å². The highest BCUT2D eigenvalue weighted by Crippen LogP contribution is 2.31. The molecule has 8 nitrogen and oxygen atoms in total. The van der Waals surface area contributed by atoms with Gasteiger partial charge in [-0.15, -0.1) is 11.3 Å². The summed E-state index contributed by atoms with van der Waals surface area (Å²) in [4.78, 5) is 29.5. The molecule has 48 heavy (non-hydrogen) atoms. The molecule has 2 aromatic heterocycles. The number of aromatic nitrogens is 2. The Kier molecular flexibility index (Phi) is 9.68. The van der Waals surface area contributed by atoms with Crippen LogP contribution in [0.3, 0.4) is 0 Å². The Morgan fingerprint density at radius 1 is 0.917 bits per heavy atom. The summed E-state index contributed by atoms with van der Waals surface area (Å²) in [6.07, 6.45) is 2.65. The Labute approximate surface area is 286 Å². The Morgan fingerprint density at radius 3 is 2.31 bits per heavy atom. The Morgan fingerprint density at radius 2 is 1.62 bits per heavy atom. The maximum atomic E-state index is 13.4. The average molecular weight is 662 g/mol. The van der Waals surface area contributed by atoms with Crippen LogP contribution in [0.4, 0.5) is 16.3 Å². The highest BCUT2D eigenvalue weighted by Gasteiger charge is 2.26. The third-order valence-corrected chi connectivity index (χ3v) is 9.83. The summed E-state index contributed by atoms with van der Waals surface area (Å²) in [5.41, 5.74) is 6.73. The normalized spacial score (nSPS) is 13.7. The van der Waals surface area contributed by atoms with Gasteiger partial charge in [-0.2, -0.15) is 5.10 Å². The number of benzene rings is 3. The minimum atomic E-state index is -0.318. The standard InChI is InChI=1S/C39H43N5O3S/c1-26-10-14-31(15-11-26)44-36(24-35(42-44)39(2,3)4)41-38(46)40-33-9-7-6-8-29(33)22-27-18-20-43(21-19-27)37(45)34-23-30(25-48-34)28-12-16-32(47-5)17-13-28/h6-17,23-25,27H,18-22H2,1-5H3,(H2,40,41,46). The molecular formula is C39H43N5O3S. The van der Waals surface area contributed by atoms with Crippen LogP contribution in [0.1, 0.15) is 60.1 Å². The fourth-order valence-corrected chi connectivity index (χ4v) is 6.88. The van der Waals surface area contributed by atoms with Crippen molar-refractivity contribution < 1.29 is 14.3 Å². The third kappa shape index (κ3) is 7.63. The van der Waals surface area contributed by atoms with Crippen LogP contribution in [-0.2, 0) is 11.8 Å². The van der Waals surface area contributed by atoms with Gasteiger partial charge in [0.1, 0.15) is 11.6 Å². The van der Waals surface area contributed by atoms with Gasteiger partial charge in [0.05, 0.1) is 23.4 Å². The van der Waals surface area contributed by atoms with E-state index in [-0.39, 0.29) is 17.4 Å². The minimum absolute atomic E-state index is 0.0939. The molecule has 0 radical (unpaired) electrons. The summed E-state index contributed by atoms with van der Waals surface area (Å²) in [5.74, 6) is 1.93. The van der Waals surface area contributed by atoms with Crippen LogP contribution in [0.5, 0.6) is 5.75 Å². The second-order valence-electron chi connectivity index (χ2n) is 13.5. The molecule has 6 rings (SSSR count). The van der Waals surface area contributed by atoms with E-state index in [1.54, 1.807) is 11.8 Å². The number of hydrogen-bond acceptors (Lipinski definition) is 5. The molecular weight excluding hydrogens is 619 g/mol. The van der Waals surface area contributed by atoms with Gasteiger partial charge in [-0.25, -0.2) is 9.48 Å². The number of likely N-dealkylation sites (tertiary alicyclic amines) is 1. The molecule has 0 unspecified atom stereocenters. The number of amides is 3. The first-order chi connectivity index (χ1) is 23.1. The van der Waals surface area contributed by atoms with Crippen LogP contribution in [0.2, 0.25) is 0 Å². The van der Waals surface area contributed by atoms with E-state index in [4.69, 9.17) is 9.84 Å². The van der Waals surface area contributed by atoms with Crippen molar-refractivity contribution in [1.29, 1.82) is 0 Å². The lowest BCUT2D eigenvalue weighted by Gasteiger charge is -2.32. The van der Waals surface area contributed by atoms with E-state index in [1.807, 2.05) is 96.1 Å². The van der Waals surface area contributed by atoms with Gasteiger partial charge in [-0.3, -0.25) is 10.1 Å². The first kappa shape index (κ1) is 33.0. The van der Waals surface area contributed by atoms with Gasteiger partial charge < -0.3 is 15.0 Å². The van der Waals surface area contributed by atoms with Crippen molar-refractivity contribution in [2.24, 2.45) is 5.92 Å². The van der Waals surface area contributed by atoms with Gasteiger partial charge in [0.25, 0.3) is 5.91 Å². The maximum Gasteiger partial charge on any atom is 0.324 e. The zero-order valence-corrected chi connectivity index (χ0v) is 29.1. The number of nitrogens with one attached hydrogen (secondary N) is 2. The lowest BCUT2D eigenvalue weighted by Crippen LogP contribution is -2.38. The lowest BCUT2D eigenvalue weighted by molar-refractivity contribution is 0.0695. The number of thiophene rings is 1. The molecule has 1 aliphatic rings. The zero-order chi connectivity index (χ0) is 33.8. The molecule has 1 aliphatic heterocycles. The zero-order valence-electron chi connectivity index (χ0n) is 28.2. The number of para-hydroxylation sites is 1. The summed E-state index contributed by atoms with van der Waals surface area (Å²) in [6, 6.07) is 27.6. The fourth-order valence-electron chi connectivity index (χ4n) is 6.00. The van der Waals surface area contributed by atoms with E-state index >= 15 is 0 Å². The van der Waals surface area contributed by atoms with E-state index in [1.165, 1.54) is 11.3 Å². The van der Waals surface area contributed by atoms with E-state index in [9.17, 15) is 9.59 Å². The second kappa shape index (κ2) is 14.1. The molecule has 248 valence electrons. The summed E-state index contributed by atoms with van der Waals surface area (Å²) < 4.78 is 7.06. The van der Waals surface area contributed by atoms with Crippen molar-refractivity contribution in [1.82, 2.24) is 14.7 Å². The molecule has 3 amide bonds. The molecule has 3 aromatic carbocycles. The van der Waals surface area contributed by atoms with Gasteiger partial charge in [0, 0.05) is 30.3 Å². The summed E-state index contributed by atoms with van der Waals surface area (Å²) in [7, 11) is 1.65. The van der Waals surface area contributed by atoms with E-state index in [2.05, 4.69) is 37.5 Å². The van der Waals surface area contributed by atoms with Crippen molar-refractivity contribution in [3.63, 3.8) is 0 Å². The van der Waals surface area contributed by atoms with Crippen LogP contribution in [-0.4, -0.2) is 46.8 Å². The summed E-state index contributed by atoms with van der Waals surface area (Å²) >= 11 is 1.50. The maximum absolute atomic E-state index is 13.4.